The van der Waals surface area contributed by atoms with E-state index < -0.39 is 17.5 Å². The van der Waals surface area contributed by atoms with Gasteiger partial charge in [-0.05, 0) is 35.3 Å². The van der Waals surface area contributed by atoms with E-state index in [2.05, 4.69) is 30.4 Å². The molecule has 0 amide bonds. The van der Waals surface area contributed by atoms with Gasteiger partial charge in [0.1, 0.15) is 0 Å². The molecular weight excluding hydrogens is 368 g/mol. The van der Waals surface area contributed by atoms with Crippen LogP contribution in [0.1, 0.15) is 16.1 Å². The summed E-state index contributed by atoms with van der Waals surface area (Å²) in [6.07, 6.45) is 4.35. The van der Waals surface area contributed by atoms with Crippen molar-refractivity contribution in [2.75, 3.05) is 27.3 Å². The summed E-state index contributed by atoms with van der Waals surface area (Å²) in [5.41, 5.74) is 17.3. The topological polar surface area (TPSA) is 175 Å². The van der Waals surface area contributed by atoms with Crippen molar-refractivity contribution in [3.8, 4) is 0 Å². The third-order valence-corrected chi connectivity index (χ3v) is 3.83. The van der Waals surface area contributed by atoms with E-state index in [1.54, 1.807) is 0 Å². The van der Waals surface area contributed by atoms with Crippen LogP contribution in [-0.4, -0.2) is 49.8 Å². The lowest BCUT2D eigenvalue weighted by Gasteiger charge is -2.34. The highest BCUT2D eigenvalue weighted by Gasteiger charge is 2.33. The van der Waals surface area contributed by atoms with Crippen LogP contribution in [0.2, 0.25) is 0 Å². The predicted molar refractivity (Wildman–Crippen MR) is 97.5 cm³/mol. The van der Waals surface area contributed by atoms with Crippen molar-refractivity contribution in [1.29, 1.82) is 0 Å². The third-order valence-electron chi connectivity index (χ3n) is 3.83. The summed E-state index contributed by atoms with van der Waals surface area (Å²) < 4.78 is 9.47. The Morgan fingerprint density at radius 2 is 1.82 bits per heavy atom. The molecule has 0 radical (unpaired) electrons. The van der Waals surface area contributed by atoms with E-state index in [1.807, 2.05) is 0 Å². The van der Waals surface area contributed by atoms with Crippen LogP contribution in [0.4, 0.5) is 0 Å². The van der Waals surface area contributed by atoms with Gasteiger partial charge in [0.15, 0.2) is 0 Å². The number of methoxy groups -OCH3 is 2. The SMILES string of the molecule is COC(=O)C1=CC(CN=[N+]=[N-])(CN=[N+]=[N-])NC(c2cc(C(=O)OC)ccn2)=C1. The zero-order valence-corrected chi connectivity index (χ0v) is 15.1. The Kier molecular flexibility index (Phi) is 6.58. The van der Waals surface area contributed by atoms with Gasteiger partial charge in [-0.25, -0.2) is 9.59 Å². The molecule has 12 nitrogen and oxygen atoms in total. The Morgan fingerprint density at radius 1 is 1.18 bits per heavy atom. The number of carbonyl (C=O) groups is 2. The van der Waals surface area contributed by atoms with Gasteiger partial charge in [0.2, 0.25) is 0 Å². The Bertz CT molecular complexity index is 922. The monoisotopic (exact) mass is 384 g/mol. The van der Waals surface area contributed by atoms with E-state index >= 15 is 0 Å². The van der Waals surface area contributed by atoms with Crippen LogP contribution in [-0.2, 0) is 14.3 Å². The molecule has 0 unspecified atom stereocenters. The van der Waals surface area contributed by atoms with Crippen LogP contribution in [0.25, 0.3) is 26.6 Å². The summed E-state index contributed by atoms with van der Waals surface area (Å²) in [6.45, 7) is -0.311. The molecule has 1 aliphatic heterocycles. The molecule has 0 aliphatic carbocycles. The lowest BCUT2D eigenvalue weighted by molar-refractivity contribution is -0.135. The standard InChI is InChI=1S/C16H16N8O4/c1-27-14(25)10-3-4-19-12(5-10)13-6-11(15(26)28-2)7-16(22-13,8-20-23-17)9-21-24-18/h3-7,22H,8-9H2,1-2H3. The zero-order valence-electron chi connectivity index (χ0n) is 15.1. The average molecular weight is 384 g/mol. The quantitative estimate of drug-likeness (QED) is 0.326. The molecule has 1 N–H and O–H groups in total. The number of aromatic nitrogens is 1. The first-order valence-corrected chi connectivity index (χ1v) is 7.86. The summed E-state index contributed by atoms with van der Waals surface area (Å²) in [6, 6.07) is 2.94. The molecule has 1 aromatic heterocycles. The van der Waals surface area contributed by atoms with Crippen molar-refractivity contribution in [1.82, 2.24) is 10.3 Å². The summed E-state index contributed by atoms with van der Waals surface area (Å²) in [4.78, 5) is 33.6. The van der Waals surface area contributed by atoms with E-state index in [1.165, 1.54) is 44.7 Å². The summed E-state index contributed by atoms with van der Waals surface area (Å²) in [5, 5.41) is 10.2. The molecule has 0 bridgehead atoms. The molecule has 1 aromatic rings. The molecule has 0 spiro atoms. The van der Waals surface area contributed by atoms with E-state index in [9.17, 15) is 9.59 Å². The number of azide groups is 2. The third kappa shape index (κ3) is 4.58. The first kappa shape index (κ1) is 20.3. The molecule has 28 heavy (non-hydrogen) atoms. The van der Waals surface area contributed by atoms with Crippen LogP contribution >= 0.6 is 0 Å². The van der Waals surface area contributed by atoms with E-state index in [0.29, 0.717) is 11.4 Å². The number of nitrogens with zero attached hydrogens (tertiary/aromatic N) is 7. The normalized spacial score (nSPS) is 17.6. The molecule has 2 rings (SSSR count). The minimum absolute atomic E-state index is 0.141. The lowest BCUT2D eigenvalue weighted by Crippen LogP contribution is -2.50. The second kappa shape index (κ2) is 9.08. The molecule has 2 heterocycles. The van der Waals surface area contributed by atoms with Gasteiger partial charge in [-0.2, -0.15) is 0 Å². The van der Waals surface area contributed by atoms with Crippen molar-refractivity contribution in [3.05, 3.63) is 68.2 Å². The Balaban J connectivity index is 2.57. The molecule has 0 saturated heterocycles. The molecule has 0 fully saturated rings. The number of dihydropyridines is 1. The highest BCUT2D eigenvalue weighted by molar-refractivity contribution is 5.95. The fourth-order valence-electron chi connectivity index (χ4n) is 2.57. The Labute approximate surface area is 159 Å². The highest BCUT2D eigenvalue weighted by atomic mass is 16.5. The van der Waals surface area contributed by atoms with Crippen LogP contribution in [0, 0.1) is 0 Å². The van der Waals surface area contributed by atoms with Gasteiger partial charge in [0, 0.05) is 16.0 Å². The number of pyridine rings is 1. The second-order valence-electron chi connectivity index (χ2n) is 5.63. The maximum Gasteiger partial charge on any atom is 0.337 e. The average Bonchev–Trinajstić information content (AvgIpc) is 2.75. The number of carbonyl (C=O) groups excluding carboxylic acids is 2. The molecule has 0 saturated carbocycles. The molecule has 0 aromatic carbocycles. The number of hydrogen-bond donors (Lipinski definition) is 1. The van der Waals surface area contributed by atoms with Gasteiger partial charge in [-0.3, -0.25) is 4.98 Å². The summed E-state index contributed by atoms with van der Waals surface area (Å²) >= 11 is 0. The Morgan fingerprint density at radius 3 is 2.39 bits per heavy atom. The summed E-state index contributed by atoms with van der Waals surface area (Å²) in [5.74, 6) is -1.20. The van der Waals surface area contributed by atoms with Gasteiger partial charge in [-0.15, -0.1) is 0 Å². The van der Waals surface area contributed by atoms with Gasteiger partial charge >= 0.3 is 11.9 Å². The van der Waals surface area contributed by atoms with Crippen LogP contribution in [0.3, 0.4) is 0 Å². The smallest absolute Gasteiger partial charge is 0.337 e. The lowest BCUT2D eigenvalue weighted by atomic mass is 9.91. The second-order valence-corrected chi connectivity index (χ2v) is 5.63. The van der Waals surface area contributed by atoms with Gasteiger partial charge in [-0.1, -0.05) is 10.2 Å². The van der Waals surface area contributed by atoms with Crippen LogP contribution in [0.15, 0.2) is 46.3 Å². The van der Waals surface area contributed by atoms with E-state index in [0.717, 1.165) is 0 Å². The molecule has 0 atom stereocenters. The minimum atomic E-state index is -1.19. The van der Waals surface area contributed by atoms with Crippen molar-refractivity contribution in [2.45, 2.75) is 5.54 Å². The maximum atomic E-state index is 12.1. The Hall–Kier alpha value is -4.01. The van der Waals surface area contributed by atoms with Crippen LogP contribution in [0.5, 0.6) is 0 Å². The van der Waals surface area contributed by atoms with Crippen molar-refractivity contribution < 1.29 is 19.1 Å². The van der Waals surface area contributed by atoms with Crippen LogP contribution < -0.4 is 5.32 Å². The fourth-order valence-corrected chi connectivity index (χ4v) is 2.57. The minimum Gasteiger partial charge on any atom is -0.465 e. The molecule has 1 aliphatic rings. The largest absolute Gasteiger partial charge is 0.465 e. The molecule has 144 valence electrons. The number of esters is 2. The predicted octanol–water partition coefficient (Wildman–Crippen LogP) is 2.27. The maximum absolute atomic E-state index is 12.1. The first-order valence-electron chi connectivity index (χ1n) is 7.86. The number of rotatable bonds is 7. The molecule has 12 heteroatoms. The molecular formula is C16H16N8O4. The zero-order chi connectivity index (χ0) is 20.6. The van der Waals surface area contributed by atoms with E-state index in [4.69, 9.17) is 20.5 Å². The first-order chi connectivity index (χ1) is 13.5. The van der Waals surface area contributed by atoms with Crippen molar-refractivity contribution >= 4 is 17.6 Å². The van der Waals surface area contributed by atoms with Gasteiger partial charge < -0.3 is 14.8 Å². The van der Waals surface area contributed by atoms with Gasteiger partial charge in [0.05, 0.1) is 55.4 Å². The number of ether oxygens (including phenoxy) is 2. The van der Waals surface area contributed by atoms with Gasteiger partial charge in [0.25, 0.3) is 0 Å². The summed E-state index contributed by atoms with van der Waals surface area (Å²) in [7, 11) is 2.47. The van der Waals surface area contributed by atoms with Crippen molar-refractivity contribution in [2.24, 2.45) is 10.2 Å². The van der Waals surface area contributed by atoms with E-state index in [-0.39, 0.29) is 24.2 Å². The number of nitrogens with one attached hydrogen (secondary N) is 1. The fraction of sp³-hybridized carbons (Fsp3) is 0.312. The van der Waals surface area contributed by atoms with Crippen molar-refractivity contribution in [3.63, 3.8) is 0 Å². The highest BCUT2D eigenvalue weighted by Crippen LogP contribution is 2.26. The number of hydrogen-bond acceptors (Lipinski definition) is 8.